The van der Waals surface area contributed by atoms with Crippen LogP contribution in [0.4, 0.5) is 19.0 Å². The van der Waals surface area contributed by atoms with Crippen LogP contribution in [0.2, 0.25) is 5.15 Å². The van der Waals surface area contributed by atoms with Gasteiger partial charge in [-0.2, -0.15) is 19.6 Å². The maximum absolute atomic E-state index is 14.4. The van der Waals surface area contributed by atoms with Gasteiger partial charge in [0.1, 0.15) is 34.7 Å². The summed E-state index contributed by atoms with van der Waals surface area (Å²) in [7, 11) is 0. The zero-order valence-corrected chi connectivity index (χ0v) is 14.6. The van der Waals surface area contributed by atoms with E-state index in [0.29, 0.717) is 18.1 Å². The van der Waals surface area contributed by atoms with Gasteiger partial charge in [-0.25, -0.2) is 13.2 Å². The van der Waals surface area contributed by atoms with Gasteiger partial charge < -0.3 is 5.32 Å². The number of hydrogen-bond donors (Lipinski definition) is 1. The number of nitrogens with one attached hydrogen (secondary N) is 1. The fraction of sp³-hybridized carbons (Fsp3) is 0.353. The Morgan fingerprint density at radius 2 is 1.88 bits per heavy atom. The zero-order valence-electron chi connectivity index (χ0n) is 13.8. The van der Waals surface area contributed by atoms with Crippen LogP contribution in [0.5, 0.6) is 0 Å². The topological polar surface area (TPSA) is 55.1 Å². The van der Waals surface area contributed by atoms with Crippen molar-refractivity contribution in [3.63, 3.8) is 0 Å². The smallest absolute Gasteiger partial charge is 0.255 e. The highest BCUT2D eigenvalue weighted by Gasteiger charge is 2.28. The Bertz CT molecular complexity index is 963. The molecule has 1 aromatic carbocycles. The van der Waals surface area contributed by atoms with Crippen molar-refractivity contribution < 1.29 is 13.2 Å². The predicted octanol–water partition coefficient (Wildman–Crippen LogP) is 4.46. The Kier molecular flexibility index (Phi) is 4.22. The fourth-order valence-electron chi connectivity index (χ4n) is 3.23. The van der Waals surface area contributed by atoms with Gasteiger partial charge in [-0.1, -0.05) is 18.0 Å². The molecule has 4 rings (SSSR count). The Balaban J connectivity index is 1.93. The van der Waals surface area contributed by atoms with E-state index in [1.807, 2.05) is 6.92 Å². The Labute approximate surface area is 152 Å². The summed E-state index contributed by atoms with van der Waals surface area (Å²) in [5, 5.41) is 7.20. The molecule has 1 aliphatic rings. The summed E-state index contributed by atoms with van der Waals surface area (Å²) in [6, 6.07) is 1.25. The predicted molar refractivity (Wildman–Crippen MR) is 91.5 cm³/mol. The largest absolute Gasteiger partial charge is 0.367 e. The first-order chi connectivity index (χ1) is 12.5. The minimum Gasteiger partial charge on any atom is -0.367 e. The van der Waals surface area contributed by atoms with Gasteiger partial charge in [-0.15, -0.1) is 0 Å². The lowest BCUT2D eigenvalue weighted by atomic mass is 9.80. The molecular weight excluding hydrogens is 367 g/mol. The summed E-state index contributed by atoms with van der Waals surface area (Å²) in [4.78, 5) is 8.04. The van der Waals surface area contributed by atoms with Gasteiger partial charge in [0.15, 0.2) is 0 Å². The maximum atomic E-state index is 14.4. The standard InChI is InChI=1S/C17H15ClF3N5/c1-8(9-3-2-4-9)24-16-14(13-11(20)5-10(19)6-12(13)21)15(18)25-17-22-7-23-26(16)17/h5-9,24H,2-4H2,1H3/t8-/m1/s1. The molecule has 1 saturated carbocycles. The van der Waals surface area contributed by atoms with Gasteiger partial charge in [-0.3, -0.25) is 0 Å². The first-order valence-electron chi connectivity index (χ1n) is 8.26. The van der Waals surface area contributed by atoms with Gasteiger partial charge in [0.2, 0.25) is 0 Å². The molecule has 1 fully saturated rings. The van der Waals surface area contributed by atoms with Crippen LogP contribution in [0, 0.1) is 23.4 Å². The normalized spacial score (nSPS) is 15.9. The first-order valence-corrected chi connectivity index (χ1v) is 8.64. The third kappa shape index (κ3) is 2.78. The highest BCUT2D eigenvalue weighted by molar-refractivity contribution is 6.33. The third-order valence-corrected chi connectivity index (χ3v) is 5.13. The van der Waals surface area contributed by atoms with Crippen LogP contribution in [0.3, 0.4) is 0 Å². The summed E-state index contributed by atoms with van der Waals surface area (Å²) < 4.78 is 43.5. The van der Waals surface area contributed by atoms with Crippen molar-refractivity contribution >= 4 is 23.2 Å². The molecule has 0 amide bonds. The van der Waals surface area contributed by atoms with Crippen molar-refractivity contribution in [1.82, 2.24) is 19.6 Å². The summed E-state index contributed by atoms with van der Waals surface area (Å²) >= 11 is 6.24. The molecule has 0 saturated heterocycles. The number of benzene rings is 1. The average Bonchev–Trinajstić information content (AvgIpc) is 2.95. The number of halogens is 4. The number of rotatable bonds is 4. The molecular formula is C17H15ClF3N5. The molecule has 1 aliphatic carbocycles. The average molecular weight is 382 g/mol. The number of aromatic nitrogens is 4. The zero-order chi connectivity index (χ0) is 18.4. The van der Waals surface area contributed by atoms with E-state index < -0.39 is 23.0 Å². The molecule has 9 heteroatoms. The van der Waals surface area contributed by atoms with E-state index in [9.17, 15) is 13.2 Å². The second kappa shape index (κ2) is 6.42. The summed E-state index contributed by atoms with van der Waals surface area (Å²) in [5.41, 5.74) is -0.463. The van der Waals surface area contributed by atoms with Crippen LogP contribution in [-0.4, -0.2) is 25.6 Å². The summed E-state index contributed by atoms with van der Waals surface area (Å²) in [5.74, 6) is -2.22. The molecule has 1 N–H and O–H groups in total. The Morgan fingerprint density at radius 1 is 1.19 bits per heavy atom. The van der Waals surface area contributed by atoms with Crippen molar-refractivity contribution in [2.45, 2.75) is 32.2 Å². The van der Waals surface area contributed by atoms with E-state index in [1.54, 1.807) is 0 Å². The van der Waals surface area contributed by atoms with Crippen LogP contribution in [0.1, 0.15) is 26.2 Å². The fourth-order valence-corrected chi connectivity index (χ4v) is 3.49. The van der Waals surface area contributed by atoms with Crippen molar-refractivity contribution in [1.29, 1.82) is 0 Å². The van der Waals surface area contributed by atoms with Gasteiger partial charge >= 0.3 is 0 Å². The van der Waals surface area contributed by atoms with Crippen molar-refractivity contribution in [3.8, 4) is 11.1 Å². The first kappa shape index (κ1) is 17.1. The monoisotopic (exact) mass is 381 g/mol. The van der Waals surface area contributed by atoms with Gasteiger partial charge in [0, 0.05) is 18.2 Å². The summed E-state index contributed by atoms with van der Waals surface area (Å²) in [6.07, 6.45) is 4.57. The van der Waals surface area contributed by atoms with E-state index in [0.717, 1.165) is 19.3 Å². The third-order valence-electron chi connectivity index (χ3n) is 4.86. The molecule has 0 spiro atoms. The van der Waals surface area contributed by atoms with Crippen LogP contribution < -0.4 is 5.32 Å². The van der Waals surface area contributed by atoms with Gasteiger partial charge in [-0.05, 0) is 25.7 Å². The molecule has 0 bridgehead atoms. The number of anilines is 1. The lowest BCUT2D eigenvalue weighted by Gasteiger charge is -2.33. The quantitative estimate of drug-likeness (QED) is 0.678. The van der Waals surface area contributed by atoms with Crippen molar-refractivity contribution in [3.05, 3.63) is 41.1 Å². The van der Waals surface area contributed by atoms with Crippen molar-refractivity contribution in [2.24, 2.45) is 5.92 Å². The molecule has 3 aromatic rings. The minimum atomic E-state index is -1.06. The minimum absolute atomic E-state index is 0.00848. The molecule has 2 heterocycles. The lowest BCUT2D eigenvalue weighted by Crippen LogP contribution is -2.32. The molecule has 2 aromatic heterocycles. The highest BCUT2D eigenvalue weighted by Crippen LogP contribution is 2.39. The van der Waals surface area contributed by atoms with Crippen molar-refractivity contribution in [2.75, 3.05) is 5.32 Å². The van der Waals surface area contributed by atoms with Gasteiger partial charge in [0.25, 0.3) is 5.78 Å². The molecule has 26 heavy (non-hydrogen) atoms. The Hall–Kier alpha value is -2.35. The molecule has 1 atom stereocenters. The second-order valence-corrected chi connectivity index (χ2v) is 6.82. The summed E-state index contributed by atoms with van der Waals surface area (Å²) in [6.45, 7) is 1.99. The van der Waals surface area contributed by atoms with Gasteiger partial charge in [0.05, 0.1) is 11.1 Å². The van der Waals surface area contributed by atoms with Crippen LogP contribution in [0.25, 0.3) is 16.9 Å². The molecule has 0 unspecified atom stereocenters. The van der Waals surface area contributed by atoms with Crippen LogP contribution in [-0.2, 0) is 0 Å². The lowest BCUT2D eigenvalue weighted by molar-refractivity contribution is 0.284. The Morgan fingerprint density at radius 3 is 2.50 bits per heavy atom. The number of nitrogens with zero attached hydrogens (tertiary/aromatic N) is 4. The van der Waals surface area contributed by atoms with E-state index in [1.165, 1.54) is 10.8 Å². The molecule has 5 nitrogen and oxygen atoms in total. The van der Waals surface area contributed by atoms with Crippen LogP contribution in [0.15, 0.2) is 18.5 Å². The second-order valence-electron chi connectivity index (χ2n) is 6.47. The number of fused-ring (bicyclic) bond motifs is 1. The van der Waals surface area contributed by atoms with E-state index in [2.05, 4.69) is 20.4 Å². The molecule has 0 radical (unpaired) electrons. The highest BCUT2D eigenvalue weighted by atomic mass is 35.5. The molecule has 136 valence electrons. The van der Waals surface area contributed by atoms with E-state index >= 15 is 0 Å². The number of hydrogen-bond acceptors (Lipinski definition) is 4. The van der Waals surface area contributed by atoms with Crippen LogP contribution >= 0.6 is 11.6 Å². The SMILES string of the molecule is C[C@@H](Nc1c(-c2c(F)cc(F)cc2F)c(Cl)nc2ncnn12)C1CCC1. The maximum Gasteiger partial charge on any atom is 0.255 e. The van der Waals surface area contributed by atoms with E-state index in [-0.39, 0.29) is 28.4 Å². The van der Waals surface area contributed by atoms with E-state index in [4.69, 9.17) is 11.6 Å². The molecule has 0 aliphatic heterocycles.